The minimum absolute atomic E-state index is 0.0672. The number of carbonyl (C=O) groups excluding carboxylic acids is 1. The van der Waals surface area contributed by atoms with E-state index in [1.165, 1.54) is 25.7 Å². The minimum Gasteiger partial charge on any atom is -0.351 e. The molecule has 17 heavy (non-hydrogen) atoms. The molecule has 1 N–H and O–H groups in total. The third-order valence-electron chi connectivity index (χ3n) is 3.48. The van der Waals surface area contributed by atoms with Crippen LogP contribution in [0, 0.1) is 5.41 Å². The Morgan fingerprint density at radius 1 is 1.53 bits per heavy atom. The number of hydrogen-bond donors (Lipinski definition) is 1. The minimum atomic E-state index is -0.0672. The van der Waals surface area contributed by atoms with Crippen molar-refractivity contribution in [1.82, 2.24) is 10.3 Å². The van der Waals surface area contributed by atoms with Crippen molar-refractivity contribution in [3.8, 4) is 0 Å². The van der Waals surface area contributed by atoms with E-state index in [-0.39, 0.29) is 11.3 Å². The van der Waals surface area contributed by atoms with E-state index in [2.05, 4.69) is 17.2 Å². The summed E-state index contributed by atoms with van der Waals surface area (Å²) in [7, 11) is 0. The first kappa shape index (κ1) is 12.4. The first-order chi connectivity index (χ1) is 8.09. The maximum absolute atomic E-state index is 11.9. The number of pyridine rings is 1. The van der Waals surface area contributed by atoms with Gasteiger partial charge in [-0.15, -0.1) is 0 Å². The van der Waals surface area contributed by atoms with E-state index in [1.807, 2.05) is 0 Å². The highest BCUT2D eigenvalue weighted by Gasteiger charge is 2.28. The summed E-state index contributed by atoms with van der Waals surface area (Å²) < 4.78 is 0. The first-order valence-corrected chi connectivity index (χ1v) is 6.37. The van der Waals surface area contributed by atoms with Crippen molar-refractivity contribution in [2.75, 3.05) is 6.54 Å². The SMILES string of the molecule is CC1(CNC(=O)c2ccnc(Cl)c2)CCCC1. The Labute approximate surface area is 107 Å². The van der Waals surface area contributed by atoms with Crippen LogP contribution in [-0.2, 0) is 0 Å². The van der Waals surface area contributed by atoms with Gasteiger partial charge in [0.1, 0.15) is 5.15 Å². The number of aromatic nitrogens is 1. The summed E-state index contributed by atoms with van der Waals surface area (Å²) >= 11 is 5.75. The van der Waals surface area contributed by atoms with Crippen molar-refractivity contribution < 1.29 is 4.79 Å². The number of amides is 1. The zero-order valence-electron chi connectivity index (χ0n) is 10.0. The number of carbonyl (C=O) groups is 1. The summed E-state index contributed by atoms with van der Waals surface area (Å²) in [4.78, 5) is 15.8. The van der Waals surface area contributed by atoms with Crippen molar-refractivity contribution in [2.24, 2.45) is 5.41 Å². The van der Waals surface area contributed by atoms with Gasteiger partial charge in [0, 0.05) is 18.3 Å². The predicted octanol–water partition coefficient (Wildman–Crippen LogP) is 3.05. The van der Waals surface area contributed by atoms with Gasteiger partial charge in [-0.25, -0.2) is 4.98 Å². The largest absolute Gasteiger partial charge is 0.351 e. The zero-order valence-corrected chi connectivity index (χ0v) is 10.8. The van der Waals surface area contributed by atoms with Gasteiger partial charge in [-0.3, -0.25) is 4.79 Å². The Bertz CT molecular complexity index is 414. The second-order valence-corrected chi connectivity index (χ2v) is 5.45. The van der Waals surface area contributed by atoms with Crippen LogP contribution in [0.2, 0.25) is 5.15 Å². The molecule has 3 nitrogen and oxygen atoms in total. The van der Waals surface area contributed by atoms with Crippen molar-refractivity contribution in [2.45, 2.75) is 32.6 Å². The van der Waals surface area contributed by atoms with Crippen molar-refractivity contribution >= 4 is 17.5 Å². The highest BCUT2D eigenvalue weighted by atomic mass is 35.5. The fraction of sp³-hybridized carbons (Fsp3) is 0.538. The summed E-state index contributed by atoms with van der Waals surface area (Å²) in [6.45, 7) is 2.98. The zero-order chi connectivity index (χ0) is 12.3. The van der Waals surface area contributed by atoms with E-state index in [4.69, 9.17) is 11.6 Å². The topological polar surface area (TPSA) is 42.0 Å². The molecule has 1 aromatic rings. The molecule has 0 bridgehead atoms. The third kappa shape index (κ3) is 3.19. The summed E-state index contributed by atoms with van der Waals surface area (Å²) in [6.07, 6.45) is 6.49. The van der Waals surface area contributed by atoms with E-state index in [0.29, 0.717) is 10.7 Å². The third-order valence-corrected chi connectivity index (χ3v) is 3.68. The van der Waals surface area contributed by atoms with E-state index in [9.17, 15) is 4.79 Å². The molecule has 1 saturated carbocycles. The summed E-state index contributed by atoms with van der Waals surface area (Å²) in [5, 5.41) is 3.33. The molecule has 0 aromatic carbocycles. The van der Waals surface area contributed by atoms with Gasteiger partial charge < -0.3 is 5.32 Å². The van der Waals surface area contributed by atoms with E-state index >= 15 is 0 Å². The number of halogens is 1. The summed E-state index contributed by atoms with van der Waals surface area (Å²) in [5.74, 6) is -0.0672. The molecular formula is C13H17ClN2O. The van der Waals surface area contributed by atoms with Gasteiger partial charge in [0.05, 0.1) is 0 Å². The summed E-state index contributed by atoms with van der Waals surface area (Å²) in [6, 6.07) is 3.27. The second-order valence-electron chi connectivity index (χ2n) is 5.07. The van der Waals surface area contributed by atoms with E-state index in [0.717, 1.165) is 6.54 Å². The van der Waals surface area contributed by atoms with Crippen molar-refractivity contribution in [1.29, 1.82) is 0 Å². The molecule has 92 valence electrons. The standard InChI is InChI=1S/C13H17ClN2O/c1-13(5-2-3-6-13)9-16-12(17)10-4-7-15-11(14)8-10/h4,7-8H,2-3,5-6,9H2,1H3,(H,16,17). The molecule has 0 radical (unpaired) electrons. The Morgan fingerprint density at radius 2 is 2.24 bits per heavy atom. The van der Waals surface area contributed by atoms with Crippen LogP contribution in [0.1, 0.15) is 43.0 Å². The van der Waals surface area contributed by atoms with Crippen LogP contribution in [0.5, 0.6) is 0 Å². The van der Waals surface area contributed by atoms with Crippen LogP contribution in [0.3, 0.4) is 0 Å². The van der Waals surface area contributed by atoms with Gasteiger partial charge in [-0.05, 0) is 30.4 Å². The Hall–Kier alpha value is -1.09. The normalized spacial score (nSPS) is 18.0. The molecule has 1 aliphatic carbocycles. The van der Waals surface area contributed by atoms with Gasteiger partial charge in [0.25, 0.3) is 5.91 Å². The summed E-state index contributed by atoms with van der Waals surface area (Å²) in [5.41, 5.74) is 0.846. The predicted molar refractivity (Wildman–Crippen MR) is 68.2 cm³/mol. The maximum atomic E-state index is 11.9. The molecule has 1 heterocycles. The lowest BCUT2D eigenvalue weighted by Gasteiger charge is -2.23. The van der Waals surface area contributed by atoms with Crippen LogP contribution >= 0.6 is 11.6 Å². The van der Waals surface area contributed by atoms with Crippen LogP contribution < -0.4 is 5.32 Å². The highest BCUT2D eigenvalue weighted by molar-refractivity contribution is 6.29. The lowest BCUT2D eigenvalue weighted by molar-refractivity contribution is 0.0934. The smallest absolute Gasteiger partial charge is 0.251 e. The highest BCUT2D eigenvalue weighted by Crippen LogP contribution is 2.36. The maximum Gasteiger partial charge on any atom is 0.251 e. The molecule has 2 rings (SSSR count). The molecule has 0 aliphatic heterocycles. The van der Waals surface area contributed by atoms with Crippen molar-refractivity contribution in [3.63, 3.8) is 0 Å². The van der Waals surface area contributed by atoms with Crippen LogP contribution in [0.15, 0.2) is 18.3 Å². The molecule has 1 fully saturated rings. The molecular weight excluding hydrogens is 236 g/mol. The van der Waals surface area contributed by atoms with Gasteiger partial charge >= 0.3 is 0 Å². The number of rotatable bonds is 3. The average Bonchev–Trinajstić information content (AvgIpc) is 2.74. The molecule has 4 heteroatoms. The second kappa shape index (κ2) is 5.05. The molecule has 0 unspecified atom stereocenters. The molecule has 0 spiro atoms. The van der Waals surface area contributed by atoms with E-state index < -0.39 is 0 Å². The Kier molecular flexibility index (Phi) is 3.67. The van der Waals surface area contributed by atoms with Gasteiger partial charge in [0.15, 0.2) is 0 Å². The lowest BCUT2D eigenvalue weighted by atomic mass is 9.89. The van der Waals surface area contributed by atoms with Crippen LogP contribution in [0.4, 0.5) is 0 Å². The van der Waals surface area contributed by atoms with Gasteiger partial charge in [0.2, 0.25) is 0 Å². The van der Waals surface area contributed by atoms with Crippen LogP contribution in [0.25, 0.3) is 0 Å². The molecule has 1 aromatic heterocycles. The molecule has 0 saturated heterocycles. The first-order valence-electron chi connectivity index (χ1n) is 5.99. The number of nitrogens with one attached hydrogen (secondary N) is 1. The lowest BCUT2D eigenvalue weighted by Crippen LogP contribution is -2.34. The van der Waals surface area contributed by atoms with E-state index in [1.54, 1.807) is 18.3 Å². The fourth-order valence-electron chi connectivity index (χ4n) is 2.34. The monoisotopic (exact) mass is 252 g/mol. The van der Waals surface area contributed by atoms with Gasteiger partial charge in [-0.2, -0.15) is 0 Å². The number of hydrogen-bond acceptors (Lipinski definition) is 2. The Morgan fingerprint density at radius 3 is 2.88 bits per heavy atom. The molecule has 1 aliphatic rings. The molecule has 1 amide bonds. The number of nitrogens with zero attached hydrogens (tertiary/aromatic N) is 1. The van der Waals surface area contributed by atoms with Gasteiger partial charge in [-0.1, -0.05) is 31.4 Å². The molecule has 0 atom stereocenters. The Balaban J connectivity index is 1.93. The van der Waals surface area contributed by atoms with Crippen molar-refractivity contribution in [3.05, 3.63) is 29.0 Å². The average molecular weight is 253 g/mol. The fourth-order valence-corrected chi connectivity index (χ4v) is 2.52. The quantitative estimate of drug-likeness (QED) is 0.841. The van der Waals surface area contributed by atoms with Crippen LogP contribution in [-0.4, -0.2) is 17.4 Å².